The van der Waals surface area contributed by atoms with Crippen LogP contribution in [0.2, 0.25) is 0 Å². The summed E-state index contributed by atoms with van der Waals surface area (Å²) in [4.78, 5) is 15.2. The van der Waals surface area contributed by atoms with E-state index >= 15 is 0 Å². The third kappa shape index (κ3) is 3.39. The Hall–Kier alpha value is -1.51. The lowest BCUT2D eigenvalue weighted by molar-refractivity contribution is -0.129. The number of anilines is 2. The first kappa shape index (κ1) is 15.9. The minimum absolute atomic E-state index is 0.158. The first-order valence-electron chi connectivity index (χ1n) is 8.16. The maximum atomic E-state index is 13.2. The van der Waals surface area contributed by atoms with E-state index in [0.29, 0.717) is 24.1 Å². The minimum Gasteiger partial charge on any atom is -0.399 e. The van der Waals surface area contributed by atoms with E-state index in [1.165, 1.54) is 12.8 Å². The fourth-order valence-electron chi connectivity index (χ4n) is 3.76. The van der Waals surface area contributed by atoms with Crippen LogP contribution in [0.15, 0.2) is 24.3 Å². The number of nitrogen functional groups attached to an aromatic ring is 1. The highest BCUT2D eigenvalue weighted by molar-refractivity contribution is 5.98. The summed E-state index contributed by atoms with van der Waals surface area (Å²) in [5.41, 5.74) is 7.36. The predicted molar refractivity (Wildman–Crippen MR) is 89.2 cm³/mol. The first-order valence-corrected chi connectivity index (χ1v) is 8.16. The molecule has 2 N–H and O–H groups in total. The van der Waals surface area contributed by atoms with Gasteiger partial charge >= 0.3 is 0 Å². The maximum absolute atomic E-state index is 13.2. The highest BCUT2D eigenvalue weighted by Crippen LogP contribution is 2.45. The summed E-state index contributed by atoms with van der Waals surface area (Å²) in [5.74, 6) is 0.841. The molecule has 3 heteroatoms. The first-order chi connectivity index (χ1) is 9.98. The van der Waals surface area contributed by atoms with Crippen molar-refractivity contribution in [2.45, 2.75) is 52.9 Å². The summed E-state index contributed by atoms with van der Waals surface area (Å²) in [6, 6.07) is 7.67. The number of hydrogen-bond acceptors (Lipinski definition) is 2. The van der Waals surface area contributed by atoms with Crippen molar-refractivity contribution in [2.24, 2.45) is 11.3 Å². The van der Waals surface area contributed by atoms with Crippen LogP contribution < -0.4 is 10.6 Å². The Morgan fingerprint density at radius 1 is 1.33 bits per heavy atom. The number of nitrogens with zero attached hydrogens (tertiary/aromatic N) is 1. The number of nitrogens with two attached hydrogens (primary N) is 1. The van der Waals surface area contributed by atoms with E-state index < -0.39 is 0 Å². The van der Waals surface area contributed by atoms with Gasteiger partial charge in [-0.05, 0) is 50.3 Å². The zero-order chi connectivity index (χ0) is 15.5. The number of hydrogen-bond donors (Lipinski definition) is 1. The van der Waals surface area contributed by atoms with E-state index in [1.807, 2.05) is 36.1 Å². The maximum Gasteiger partial charge on any atom is 0.233 e. The zero-order valence-corrected chi connectivity index (χ0v) is 13.6. The van der Waals surface area contributed by atoms with Crippen LogP contribution in [0, 0.1) is 11.3 Å². The van der Waals surface area contributed by atoms with Gasteiger partial charge in [0.2, 0.25) is 5.91 Å². The highest BCUT2D eigenvalue weighted by Gasteiger charge is 2.43. The number of carbonyl (C=O) groups is 1. The quantitative estimate of drug-likeness (QED) is 0.824. The SMILES string of the molecule is CCN(C(=O)C1(CC(C)C)CCCC1)c1cccc(N)c1. The summed E-state index contributed by atoms with van der Waals surface area (Å²) in [7, 11) is 0. The van der Waals surface area contributed by atoms with Gasteiger partial charge in [0.15, 0.2) is 0 Å². The molecule has 3 nitrogen and oxygen atoms in total. The van der Waals surface area contributed by atoms with E-state index in [9.17, 15) is 4.79 Å². The molecule has 0 unspecified atom stereocenters. The number of rotatable bonds is 5. The standard InChI is InChI=1S/C18H28N2O/c1-4-20(16-9-7-8-15(19)12-16)17(21)18(13-14(2)3)10-5-6-11-18/h7-9,12,14H,4-6,10-11,13,19H2,1-3H3. The van der Waals surface area contributed by atoms with Crippen LogP contribution in [0.25, 0.3) is 0 Å². The molecule has 0 spiro atoms. The van der Waals surface area contributed by atoms with Gasteiger partial charge in [-0.2, -0.15) is 0 Å². The largest absolute Gasteiger partial charge is 0.399 e. The zero-order valence-electron chi connectivity index (χ0n) is 13.6. The molecule has 0 saturated heterocycles. The molecule has 1 amide bonds. The van der Waals surface area contributed by atoms with Gasteiger partial charge in [0, 0.05) is 23.3 Å². The Bertz CT molecular complexity index is 490. The van der Waals surface area contributed by atoms with Crippen LogP contribution in [0.3, 0.4) is 0 Å². The Morgan fingerprint density at radius 2 is 2.00 bits per heavy atom. The molecule has 0 aromatic heterocycles. The van der Waals surface area contributed by atoms with Gasteiger partial charge in [0.25, 0.3) is 0 Å². The van der Waals surface area contributed by atoms with Crippen LogP contribution in [-0.2, 0) is 4.79 Å². The predicted octanol–water partition coefficient (Wildman–Crippen LogP) is 4.23. The number of carbonyl (C=O) groups excluding carboxylic acids is 1. The lowest BCUT2D eigenvalue weighted by Gasteiger charge is -2.35. The van der Waals surface area contributed by atoms with E-state index in [1.54, 1.807) is 0 Å². The van der Waals surface area contributed by atoms with Crippen molar-refractivity contribution >= 4 is 17.3 Å². The molecule has 0 atom stereocenters. The van der Waals surface area contributed by atoms with Gasteiger partial charge < -0.3 is 10.6 Å². The fraction of sp³-hybridized carbons (Fsp3) is 0.611. The third-order valence-electron chi connectivity index (χ3n) is 4.56. The third-order valence-corrected chi connectivity index (χ3v) is 4.56. The van der Waals surface area contributed by atoms with E-state index in [-0.39, 0.29) is 5.41 Å². The lowest BCUT2D eigenvalue weighted by Crippen LogP contribution is -2.43. The van der Waals surface area contributed by atoms with Crippen molar-refractivity contribution in [1.29, 1.82) is 0 Å². The van der Waals surface area contributed by atoms with Gasteiger partial charge in [-0.1, -0.05) is 32.8 Å². The summed E-state index contributed by atoms with van der Waals surface area (Å²) in [6.07, 6.45) is 5.40. The minimum atomic E-state index is -0.158. The van der Waals surface area contributed by atoms with Gasteiger partial charge in [-0.3, -0.25) is 4.79 Å². The van der Waals surface area contributed by atoms with E-state index in [4.69, 9.17) is 5.73 Å². The molecule has 0 radical (unpaired) electrons. The van der Waals surface area contributed by atoms with Crippen LogP contribution in [-0.4, -0.2) is 12.5 Å². The van der Waals surface area contributed by atoms with E-state index in [2.05, 4.69) is 13.8 Å². The van der Waals surface area contributed by atoms with Crippen molar-refractivity contribution in [2.75, 3.05) is 17.2 Å². The van der Waals surface area contributed by atoms with Crippen molar-refractivity contribution in [3.63, 3.8) is 0 Å². The Morgan fingerprint density at radius 3 is 2.52 bits per heavy atom. The average molecular weight is 288 g/mol. The van der Waals surface area contributed by atoms with Gasteiger partial charge in [0.05, 0.1) is 0 Å². The molecule has 2 rings (SSSR count). The van der Waals surface area contributed by atoms with Crippen LogP contribution in [0.5, 0.6) is 0 Å². The fourth-order valence-corrected chi connectivity index (χ4v) is 3.76. The second-order valence-corrected chi connectivity index (χ2v) is 6.73. The molecule has 0 bridgehead atoms. The topological polar surface area (TPSA) is 46.3 Å². The smallest absolute Gasteiger partial charge is 0.233 e. The molecule has 116 valence electrons. The molecule has 1 fully saturated rings. The second-order valence-electron chi connectivity index (χ2n) is 6.73. The summed E-state index contributed by atoms with van der Waals surface area (Å²) >= 11 is 0. The van der Waals surface area contributed by atoms with Crippen molar-refractivity contribution in [3.05, 3.63) is 24.3 Å². The van der Waals surface area contributed by atoms with Crippen LogP contribution in [0.1, 0.15) is 52.9 Å². The normalized spacial score (nSPS) is 17.1. The summed E-state index contributed by atoms with van der Waals surface area (Å²) < 4.78 is 0. The number of benzene rings is 1. The van der Waals surface area contributed by atoms with E-state index in [0.717, 1.165) is 24.9 Å². The monoisotopic (exact) mass is 288 g/mol. The molecular weight excluding hydrogens is 260 g/mol. The Balaban J connectivity index is 2.29. The molecule has 1 aromatic carbocycles. The molecule has 0 heterocycles. The lowest BCUT2D eigenvalue weighted by atomic mass is 9.77. The molecule has 1 aromatic rings. The molecule has 21 heavy (non-hydrogen) atoms. The number of amides is 1. The van der Waals surface area contributed by atoms with Gasteiger partial charge in [-0.25, -0.2) is 0 Å². The van der Waals surface area contributed by atoms with Crippen molar-refractivity contribution in [1.82, 2.24) is 0 Å². The Labute approximate surface area is 128 Å². The highest BCUT2D eigenvalue weighted by atomic mass is 16.2. The summed E-state index contributed by atoms with van der Waals surface area (Å²) in [5, 5.41) is 0. The molecular formula is C18H28N2O. The molecule has 1 aliphatic carbocycles. The van der Waals surface area contributed by atoms with Crippen molar-refractivity contribution < 1.29 is 4.79 Å². The molecule has 0 aliphatic heterocycles. The van der Waals surface area contributed by atoms with Gasteiger partial charge in [0.1, 0.15) is 0 Å². The Kier molecular flexibility index (Phi) is 4.92. The molecule has 1 saturated carbocycles. The molecule has 1 aliphatic rings. The van der Waals surface area contributed by atoms with Crippen LogP contribution >= 0.6 is 0 Å². The summed E-state index contributed by atoms with van der Waals surface area (Å²) in [6.45, 7) is 7.16. The van der Waals surface area contributed by atoms with Gasteiger partial charge in [-0.15, -0.1) is 0 Å². The van der Waals surface area contributed by atoms with Crippen molar-refractivity contribution in [3.8, 4) is 0 Å². The van der Waals surface area contributed by atoms with Crippen LogP contribution in [0.4, 0.5) is 11.4 Å². The second kappa shape index (κ2) is 6.50. The average Bonchev–Trinajstić information content (AvgIpc) is 2.88.